The van der Waals surface area contributed by atoms with Crippen LogP contribution in [0.1, 0.15) is 33.6 Å². The summed E-state index contributed by atoms with van der Waals surface area (Å²) in [6.45, 7) is 5.97. The fourth-order valence-corrected chi connectivity index (χ4v) is 2.04. The van der Waals surface area contributed by atoms with E-state index < -0.39 is 17.4 Å². The Morgan fingerprint density at radius 3 is 2.53 bits per heavy atom. The Balaban J connectivity index is 2.69. The van der Waals surface area contributed by atoms with E-state index in [0.29, 0.717) is 12.3 Å². The lowest BCUT2D eigenvalue weighted by molar-refractivity contribution is -0.161. The molecule has 0 aliphatic heterocycles. The Labute approximate surface area is 89.6 Å². The largest absolute Gasteiger partial charge is 0.480 e. The van der Waals surface area contributed by atoms with Crippen molar-refractivity contribution in [2.45, 2.75) is 33.6 Å². The van der Waals surface area contributed by atoms with Crippen LogP contribution in [-0.2, 0) is 14.3 Å². The number of hydrogen-bond donors (Lipinski definition) is 1. The molecule has 0 aromatic heterocycles. The van der Waals surface area contributed by atoms with Crippen LogP contribution >= 0.6 is 0 Å². The van der Waals surface area contributed by atoms with Crippen LogP contribution in [0.25, 0.3) is 0 Å². The summed E-state index contributed by atoms with van der Waals surface area (Å²) in [7, 11) is 0. The van der Waals surface area contributed by atoms with Gasteiger partial charge in [0.1, 0.15) is 0 Å². The van der Waals surface area contributed by atoms with Crippen molar-refractivity contribution in [3.63, 3.8) is 0 Å². The number of esters is 1. The maximum atomic E-state index is 11.6. The van der Waals surface area contributed by atoms with Crippen molar-refractivity contribution >= 4 is 11.9 Å². The van der Waals surface area contributed by atoms with Gasteiger partial charge in [-0.15, -0.1) is 0 Å². The van der Waals surface area contributed by atoms with Gasteiger partial charge in [0, 0.05) is 0 Å². The lowest BCUT2D eigenvalue weighted by Gasteiger charge is -2.12. The molecular formula is C11H18O4. The third-order valence-electron chi connectivity index (χ3n) is 2.88. The first-order chi connectivity index (χ1) is 6.95. The van der Waals surface area contributed by atoms with Crippen LogP contribution < -0.4 is 0 Å². The predicted octanol–water partition coefficient (Wildman–Crippen LogP) is 1.69. The van der Waals surface area contributed by atoms with Crippen molar-refractivity contribution in [2.24, 2.45) is 17.3 Å². The molecule has 0 spiro atoms. The van der Waals surface area contributed by atoms with E-state index in [9.17, 15) is 9.59 Å². The van der Waals surface area contributed by atoms with Gasteiger partial charge in [0.05, 0.1) is 6.61 Å². The van der Waals surface area contributed by atoms with Gasteiger partial charge < -0.3 is 9.84 Å². The number of carbonyl (C=O) groups excluding carboxylic acids is 1. The molecule has 0 aromatic rings. The zero-order valence-corrected chi connectivity index (χ0v) is 9.45. The number of aliphatic carboxylic acids is 1. The van der Waals surface area contributed by atoms with Crippen molar-refractivity contribution in [1.29, 1.82) is 0 Å². The minimum atomic E-state index is -1.24. The quantitative estimate of drug-likeness (QED) is 0.558. The normalized spacial score (nSPS) is 28.9. The third kappa shape index (κ3) is 2.13. The highest BCUT2D eigenvalue weighted by Gasteiger charge is 2.67. The molecule has 0 heterocycles. The molecule has 0 radical (unpaired) electrons. The topological polar surface area (TPSA) is 63.6 Å². The van der Waals surface area contributed by atoms with Gasteiger partial charge in [-0.05, 0) is 31.6 Å². The Kier molecular flexibility index (Phi) is 3.37. The fourth-order valence-electron chi connectivity index (χ4n) is 2.04. The van der Waals surface area contributed by atoms with Crippen molar-refractivity contribution in [3.05, 3.63) is 0 Å². The van der Waals surface area contributed by atoms with Crippen LogP contribution in [0.5, 0.6) is 0 Å². The number of ether oxygens (including phenoxy) is 1. The number of carboxylic acids is 1. The second-order valence-corrected chi connectivity index (χ2v) is 4.53. The van der Waals surface area contributed by atoms with Gasteiger partial charge >= 0.3 is 11.9 Å². The first-order valence-electron chi connectivity index (χ1n) is 5.35. The molecule has 1 rings (SSSR count). The lowest BCUT2D eigenvalue weighted by Crippen LogP contribution is -2.30. The molecule has 1 N–H and O–H groups in total. The molecular weight excluding hydrogens is 196 g/mol. The number of hydrogen-bond acceptors (Lipinski definition) is 3. The summed E-state index contributed by atoms with van der Waals surface area (Å²) in [6, 6.07) is 0. The van der Waals surface area contributed by atoms with Crippen LogP contribution in [0.4, 0.5) is 0 Å². The van der Waals surface area contributed by atoms with Gasteiger partial charge in [-0.2, -0.15) is 0 Å². The van der Waals surface area contributed by atoms with Crippen molar-refractivity contribution < 1.29 is 19.4 Å². The molecule has 0 amide bonds. The Morgan fingerprint density at radius 1 is 1.53 bits per heavy atom. The Morgan fingerprint density at radius 2 is 2.13 bits per heavy atom. The number of carboxylic acid groups (broad SMARTS) is 1. The van der Waals surface area contributed by atoms with Crippen LogP contribution in [0.3, 0.4) is 0 Å². The van der Waals surface area contributed by atoms with E-state index >= 15 is 0 Å². The smallest absolute Gasteiger partial charge is 0.323 e. The summed E-state index contributed by atoms with van der Waals surface area (Å²) in [6.07, 6.45) is 1.20. The molecule has 4 heteroatoms. The van der Waals surface area contributed by atoms with Gasteiger partial charge in [-0.25, -0.2) is 0 Å². The molecule has 0 aromatic carbocycles. The highest BCUT2D eigenvalue weighted by atomic mass is 16.5. The minimum absolute atomic E-state index is 0.0472. The first kappa shape index (κ1) is 12.0. The molecule has 0 bridgehead atoms. The first-order valence-corrected chi connectivity index (χ1v) is 5.35. The molecule has 1 aliphatic rings. The van der Waals surface area contributed by atoms with E-state index in [1.165, 1.54) is 0 Å². The van der Waals surface area contributed by atoms with Gasteiger partial charge in [0.25, 0.3) is 0 Å². The molecule has 2 atom stereocenters. The average Bonchev–Trinajstić information content (AvgIpc) is 2.79. The van der Waals surface area contributed by atoms with E-state index in [2.05, 4.69) is 0 Å². The molecule has 1 saturated carbocycles. The lowest BCUT2D eigenvalue weighted by atomic mass is 9.98. The Hall–Kier alpha value is -1.06. The second-order valence-electron chi connectivity index (χ2n) is 4.53. The zero-order chi connectivity index (χ0) is 11.6. The zero-order valence-electron chi connectivity index (χ0n) is 9.45. The van der Waals surface area contributed by atoms with Crippen molar-refractivity contribution in [3.8, 4) is 0 Å². The van der Waals surface area contributed by atoms with E-state index in [4.69, 9.17) is 9.84 Å². The fraction of sp³-hybridized carbons (Fsp3) is 0.818. The van der Waals surface area contributed by atoms with Crippen molar-refractivity contribution in [1.82, 2.24) is 0 Å². The van der Waals surface area contributed by atoms with Crippen LogP contribution in [0.15, 0.2) is 0 Å². The van der Waals surface area contributed by atoms with Gasteiger partial charge in [-0.3, -0.25) is 9.59 Å². The molecule has 0 saturated heterocycles. The Bertz CT molecular complexity index is 272. The SMILES string of the molecule is CCOC(=O)[C@]1(C(=O)O)C[C@@H]1CC(C)C. The summed E-state index contributed by atoms with van der Waals surface area (Å²) in [5.74, 6) is -1.24. The summed E-state index contributed by atoms with van der Waals surface area (Å²) in [4.78, 5) is 22.6. The standard InChI is InChI=1S/C11H18O4/c1-4-15-10(14)11(9(12)13)6-8(11)5-7(2)3/h7-8H,4-6H2,1-3H3,(H,12,13)/t8-,11+/m0/s1. The summed E-state index contributed by atoms with van der Waals surface area (Å²) >= 11 is 0. The second kappa shape index (κ2) is 4.21. The average molecular weight is 214 g/mol. The van der Waals surface area contributed by atoms with E-state index in [1.807, 2.05) is 13.8 Å². The maximum Gasteiger partial charge on any atom is 0.323 e. The summed E-state index contributed by atoms with van der Waals surface area (Å²) in [5.41, 5.74) is -1.24. The van der Waals surface area contributed by atoms with Gasteiger partial charge in [-0.1, -0.05) is 13.8 Å². The highest BCUT2D eigenvalue weighted by molar-refractivity contribution is 6.03. The highest BCUT2D eigenvalue weighted by Crippen LogP contribution is 2.56. The van der Waals surface area contributed by atoms with Crippen LogP contribution in [-0.4, -0.2) is 23.7 Å². The third-order valence-corrected chi connectivity index (χ3v) is 2.88. The number of rotatable bonds is 5. The monoisotopic (exact) mass is 214 g/mol. The molecule has 1 fully saturated rings. The molecule has 0 unspecified atom stereocenters. The van der Waals surface area contributed by atoms with Gasteiger partial charge in [0.15, 0.2) is 5.41 Å². The van der Waals surface area contributed by atoms with E-state index in [0.717, 1.165) is 6.42 Å². The van der Waals surface area contributed by atoms with E-state index in [-0.39, 0.29) is 12.5 Å². The van der Waals surface area contributed by atoms with Crippen molar-refractivity contribution in [2.75, 3.05) is 6.61 Å². The van der Waals surface area contributed by atoms with Crippen LogP contribution in [0.2, 0.25) is 0 Å². The number of carbonyl (C=O) groups is 2. The molecule has 86 valence electrons. The maximum absolute atomic E-state index is 11.6. The van der Waals surface area contributed by atoms with E-state index in [1.54, 1.807) is 6.92 Å². The molecule has 15 heavy (non-hydrogen) atoms. The van der Waals surface area contributed by atoms with Crippen LogP contribution in [0, 0.1) is 17.3 Å². The molecule has 4 nitrogen and oxygen atoms in total. The van der Waals surface area contributed by atoms with Gasteiger partial charge in [0.2, 0.25) is 0 Å². The predicted molar refractivity (Wildman–Crippen MR) is 54.3 cm³/mol. The molecule has 1 aliphatic carbocycles. The summed E-state index contributed by atoms with van der Waals surface area (Å²) in [5, 5.41) is 9.08. The minimum Gasteiger partial charge on any atom is -0.480 e. The summed E-state index contributed by atoms with van der Waals surface area (Å²) < 4.78 is 4.82.